The monoisotopic (exact) mass is 253 g/mol. The van der Waals surface area contributed by atoms with Gasteiger partial charge in [-0.15, -0.1) is 0 Å². The number of carbonyl (C=O) groups excluding carboxylic acids is 1. The van der Waals surface area contributed by atoms with E-state index in [1.54, 1.807) is 0 Å². The van der Waals surface area contributed by atoms with E-state index in [1.807, 2.05) is 0 Å². The van der Waals surface area contributed by atoms with E-state index in [1.165, 1.54) is 19.4 Å². The van der Waals surface area contributed by atoms with Crippen molar-refractivity contribution in [2.75, 3.05) is 39.8 Å². The number of piperidine rings is 2. The molecule has 2 atom stereocenters. The smallest absolute Gasteiger partial charge is 0.236 e. The molecule has 2 aliphatic rings. The van der Waals surface area contributed by atoms with Crippen molar-refractivity contribution in [1.29, 1.82) is 0 Å². The van der Waals surface area contributed by atoms with E-state index in [4.69, 9.17) is 0 Å². The van der Waals surface area contributed by atoms with Crippen LogP contribution in [-0.4, -0.2) is 61.5 Å². The van der Waals surface area contributed by atoms with Crippen LogP contribution in [0.15, 0.2) is 0 Å². The van der Waals surface area contributed by atoms with Crippen LogP contribution in [0.25, 0.3) is 0 Å². The summed E-state index contributed by atoms with van der Waals surface area (Å²) in [5.41, 5.74) is 0. The Kier molecular flexibility index (Phi) is 5.01. The molecule has 104 valence electrons. The predicted octanol–water partition coefficient (Wildman–Crippen LogP) is 0.929. The molecule has 2 fully saturated rings. The zero-order valence-corrected chi connectivity index (χ0v) is 11.8. The summed E-state index contributed by atoms with van der Waals surface area (Å²) in [4.78, 5) is 16.6. The van der Waals surface area contributed by atoms with Gasteiger partial charge < -0.3 is 15.1 Å². The maximum atomic E-state index is 12.1. The van der Waals surface area contributed by atoms with Crippen molar-refractivity contribution in [3.8, 4) is 0 Å². The first-order valence-corrected chi connectivity index (χ1v) is 7.41. The second kappa shape index (κ2) is 6.53. The molecule has 0 bridgehead atoms. The Labute approximate surface area is 111 Å². The van der Waals surface area contributed by atoms with E-state index in [2.05, 4.69) is 29.1 Å². The fourth-order valence-electron chi connectivity index (χ4n) is 3.36. The van der Waals surface area contributed by atoms with Crippen LogP contribution in [0.3, 0.4) is 0 Å². The summed E-state index contributed by atoms with van der Waals surface area (Å²) in [7, 11) is 2.23. The molecule has 4 heteroatoms. The third-order valence-electron chi connectivity index (χ3n) is 4.40. The average molecular weight is 253 g/mol. The van der Waals surface area contributed by atoms with Gasteiger partial charge in [-0.3, -0.25) is 4.79 Å². The lowest BCUT2D eigenvalue weighted by Crippen LogP contribution is -2.55. The number of nitrogens with zero attached hydrogens (tertiary/aromatic N) is 2. The van der Waals surface area contributed by atoms with Crippen molar-refractivity contribution in [1.82, 2.24) is 15.1 Å². The highest BCUT2D eigenvalue weighted by atomic mass is 16.2. The molecule has 0 aliphatic carbocycles. The number of carbonyl (C=O) groups is 1. The summed E-state index contributed by atoms with van der Waals surface area (Å²) < 4.78 is 0. The molecular weight excluding hydrogens is 226 g/mol. The van der Waals surface area contributed by atoms with Gasteiger partial charge >= 0.3 is 0 Å². The Morgan fingerprint density at radius 1 is 1.33 bits per heavy atom. The van der Waals surface area contributed by atoms with Gasteiger partial charge in [-0.2, -0.15) is 0 Å². The molecule has 0 aromatic carbocycles. The Morgan fingerprint density at radius 2 is 2.17 bits per heavy atom. The molecule has 0 aromatic rings. The van der Waals surface area contributed by atoms with Crippen molar-refractivity contribution in [2.24, 2.45) is 5.92 Å². The molecule has 18 heavy (non-hydrogen) atoms. The highest BCUT2D eigenvalue weighted by Crippen LogP contribution is 2.29. The lowest BCUT2D eigenvalue weighted by molar-refractivity contribution is -0.133. The summed E-state index contributed by atoms with van der Waals surface area (Å²) in [6, 6.07) is 0.714. The Morgan fingerprint density at radius 3 is 2.94 bits per heavy atom. The van der Waals surface area contributed by atoms with Gasteiger partial charge in [0.1, 0.15) is 0 Å². The quantitative estimate of drug-likeness (QED) is 0.757. The lowest BCUT2D eigenvalue weighted by Gasteiger charge is -2.46. The van der Waals surface area contributed by atoms with Gasteiger partial charge in [0.25, 0.3) is 0 Å². The van der Waals surface area contributed by atoms with Gasteiger partial charge in [0, 0.05) is 19.1 Å². The Balaban J connectivity index is 1.81. The van der Waals surface area contributed by atoms with Gasteiger partial charge in [0.15, 0.2) is 0 Å². The molecule has 0 spiro atoms. The van der Waals surface area contributed by atoms with Crippen molar-refractivity contribution in [3.05, 3.63) is 0 Å². The molecule has 2 rings (SSSR count). The second-order valence-electron chi connectivity index (χ2n) is 5.76. The van der Waals surface area contributed by atoms with Gasteiger partial charge in [0.2, 0.25) is 5.91 Å². The molecule has 2 saturated heterocycles. The Bertz CT molecular complexity index is 282. The number of amides is 1. The Hall–Kier alpha value is -0.610. The molecule has 1 amide bonds. The summed E-state index contributed by atoms with van der Waals surface area (Å²) in [5, 5.41) is 3.21. The van der Waals surface area contributed by atoms with Crippen molar-refractivity contribution >= 4 is 5.91 Å². The zero-order chi connectivity index (χ0) is 13.0. The fraction of sp³-hybridized carbons (Fsp3) is 0.929. The highest BCUT2D eigenvalue weighted by molar-refractivity contribution is 5.78. The van der Waals surface area contributed by atoms with E-state index in [9.17, 15) is 4.79 Å². The lowest BCUT2D eigenvalue weighted by atomic mass is 9.84. The predicted molar refractivity (Wildman–Crippen MR) is 73.5 cm³/mol. The number of fused-ring (bicyclic) bond motifs is 1. The van der Waals surface area contributed by atoms with Gasteiger partial charge in [0.05, 0.1) is 6.54 Å². The van der Waals surface area contributed by atoms with Crippen LogP contribution in [0.4, 0.5) is 0 Å². The van der Waals surface area contributed by atoms with Crippen LogP contribution in [0.1, 0.15) is 32.6 Å². The largest absolute Gasteiger partial charge is 0.341 e. The topological polar surface area (TPSA) is 35.6 Å². The third-order valence-corrected chi connectivity index (χ3v) is 4.40. The molecule has 0 aromatic heterocycles. The summed E-state index contributed by atoms with van der Waals surface area (Å²) in [6.45, 7) is 6.73. The standard InChI is InChI=1S/C14H27N3O/c1-3-7-15-10-14(18)17-9-6-13-12(11-17)5-4-8-16(13)2/h12-13,15H,3-11H2,1-2H3. The molecule has 2 aliphatic heterocycles. The average Bonchev–Trinajstić information content (AvgIpc) is 2.39. The van der Waals surface area contributed by atoms with E-state index in [-0.39, 0.29) is 5.91 Å². The van der Waals surface area contributed by atoms with Crippen LogP contribution in [-0.2, 0) is 4.79 Å². The minimum atomic E-state index is 0.287. The number of likely N-dealkylation sites (tertiary alicyclic amines) is 2. The van der Waals surface area contributed by atoms with E-state index >= 15 is 0 Å². The minimum Gasteiger partial charge on any atom is -0.341 e. The highest BCUT2D eigenvalue weighted by Gasteiger charge is 2.35. The normalized spacial score (nSPS) is 29.1. The van der Waals surface area contributed by atoms with Crippen molar-refractivity contribution < 1.29 is 4.79 Å². The number of hydrogen-bond acceptors (Lipinski definition) is 3. The van der Waals surface area contributed by atoms with Gasteiger partial charge in [-0.25, -0.2) is 0 Å². The van der Waals surface area contributed by atoms with Crippen molar-refractivity contribution in [2.45, 2.75) is 38.6 Å². The molecule has 2 heterocycles. The van der Waals surface area contributed by atoms with Gasteiger partial charge in [-0.05, 0) is 51.7 Å². The zero-order valence-electron chi connectivity index (χ0n) is 11.8. The molecular formula is C14H27N3O. The van der Waals surface area contributed by atoms with Crippen LogP contribution in [0.5, 0.6) is 0 Å². The summed E-state index contributed by atoms with van der Waals surface area (Å²) in [6.07, 6.45) is 4.82. The molecule has 2 unspecified atom stereocenters. The maximum absolute atomic E-state index is 12.1. The van der Waals surface area contributed by atoms with E-state index < -0.39 is 0 Å². The number of hydrogen-bond donors (Lipinski definition) is 1. The summed E-state index contributed by atoms with van der Waals surface area (Å²) >= 11 is 0. The first kappa shape index (κ1) is 13.8. The molecule has 0 radical (unpaired) electrons. The van der Waals surface area contributed by atoms with Crippen LogP contribution in [0.2, 0.25) is 0 Å². The van der Waals surface area contributed by atoms with E-state index in [0.29, 0.717) is 18.5 Å². The maximum Gasteiger partial charge on any atom is 0.236 e. The third kappa shape index (κ3) is 3.23. The minimum absolute atomic E-state index is 0.287. The molecule has 1 N–H and O–H groups in total. The molecule has 0 saturated carbocycles. The van der Waals surface area contributed by atoms with Gasteiger partial charge in [-0.1, -0.05) is 6.92 Å². The first-order valence-electron chi connectivity index (χ1n) is 7.41. The van der Waals surface area contributed by atoms with Crippen LogP contribution in [0, 0.1) is 5.92 Å². The number of rotatable bonds is 4. The number of nitrogens with one attached hydrogen (secondary N) is 1. The fourth-order valence-corrected chi connectivity index (χ4v) is 3.36. The first-order chi connectivity index (χ1) is 8.72. The van der Waals surface area contributed by atoms with E-state index in [0.717, 1.165) is 32.5 Å². The van der Waals surface area contributed by atoms with Crippen LogP contribution >= 0.6 is 0 Å². The second-order valence-corrected chi connectivity index (χ2v) is 5.76. The molecule has 4 nitrogen and oxygen atoms in total. The SMILES string of the molecule is CCCNCC(=O)N1CCC2C(CCCN2C)C1. The van der Waals surface area contributed by atoms with Crippen molar-refractivity contribution in [3.63, 3.8) is 0 Å². The van der Waals surface area contributed by atoms with Crippen LogP contribution < -0.4 is 5.32 Å². The summed E-state index contributed by atoms with van der Waals surface area (Å²) in [5.74, 6) is 0.989.